The Morgan fingerprint density at radius 3 is 2.55 bits per heavy atom. The van der Waals surface area contributed by atoms with E-state index in [1.165, 1.54) is 0 Å². The number of hydrogen-bond acceptors (Lipinski definition) is 2. The van der Waals surface area contributed by atoms with Gasteiger partial charge in [-0.25, -0.2) is 0 Å². The number of hydrogen-bond donors (Lipinski definition) is 1. The molecule has 0 amide bonds. The maximum Gasteiger partial charge on any atom is 0.0919 e. The molecule has 0 saturated carbocycles. The van der Waals surface area contributed by atoms with E-state index in [9.17, 15) is 5.11 Å². The summed E-state index contributed by atoms with van der Waals surface area (Å²) < 4.78 is 0. The van der Waals surface area contributed by atoms with Gasteiger partial charge in [-0.15, -0.1) is 0 Å². The van der Waals surface area contributed by atoms with E-state index in [4.69, 9.17) is 5.26 Å². The summed E-state index contributed by atoms with van der Waals surface area (Å²) in [5, 5.41) is 17.6. The van der Waals surface area contributed by atoms with E-state index in [-0.39, 0.29) is 6.42 Å². The third-order valence-corrected chi connectivity index (χ3v) is 1.47. The third-order valence-electron chi connectivity index (χ3n) is 1.47. The fraction of sp³-hybridized carbons (Fsp3) is 0.222. The van der Waals surface area contributed by atoms with E-state index in [0.29, 0.717) is 0 Å². The first-order valence-corrected chi connectivity index (χ1v) is 3.44. The quantitative estimate of drug-likeness (QED) is 0.694. The van der Waals surface area contributed by atoms with Crippen molar-refractivity contribution in [3.63, 3.8) is 0 Å². The summed E-state index contributed by atoms with van der Waals surface area (Å²) in [6, 6.07) is 11.1. The molecule has 0 aliphatic carbocycles. The molecule has 1 atom stereocenters. The van der Waals surface area contributed by atoms with Crippen LogP contribution in [0.2, 0.25) is 0 Å². The zero-order valence-electron chi connectivity index (χ0n) is 6.07. The molecular formula is C9H9NO. The Hall–Kier alpha value is -1.33. The first-order valence-electron chi connectivity index (χ1n) is 3.44. The normalized spacial score (nSPS) is 12.0. The van der Waals surface area contributed by atoms with Crippen molar-refractivity contribution in [2.24, 2.45) is 0 Å². The topological polar surface area (TPSA) is 44.0 Å². The Kier molecular flexibility index (Phi) is 2.65. The molecule has 56 valence electrons. The molecule has 0 aromatic heterocycles. The maximum atomic E-state index is 9.30. The molecular weight excluding hydrogens is 140 g/mol. The molecule has 11 heavy (non-hydrogen) atoms. The van der Waals surface area contributed by atoms with E-state index in [1.807, 2.05) is 36.4 Å². The summed E-state index contributed by atoms with van der Waals surface area (Å²) in [7, 11) is 0. The monoisotopic (exact) mass is 149 g/mol. The molecule has 0 spiro atoms. The number of nitriles is 1. The molecule has 1 N–H and O–H groups in total. The van der Waals surface area contributed by atoms with Crippen molar-refractivity contribution in [3.05, 3.63) is 35.9 Å². The van der Waals surface area contributed by atoms with Crippen molar-refractivity contribution >= 4 is 0 Å². The van der Waals surface area contributed by atoms with Crippen LogP contribution in [0.4, 0.5) is 0 Å². The van der Waals surface area contributed by atoms with Crippen molar-refractivity contribution < 1.29 is 5.11 Å². The molecule has 1 aromatic carbocycles. The molecule has 0 saturated heterocycles. The molecule has 1 unspecified atom stereocenters. The minimum atomic E-state index is -0.638. The van der Waals surface area contributed by atoms with Gasteiger partial charge in [-0.3, -0.25) is 0 Å². The smallest absolute Gasteiger partial charge is 0.0919 e. The second-order valence-corrected chi connectivity index (χ2v) is 2.29. The van der Waals surface area contributed by atoms with Crippen LogP contribution in [0.3, 0.4) is 0 Å². The average molecular weight is 149 g/mol. The van der Waals surface area contributed by atoms with E-state index in [2.05, 4.69) is 0 Å². The zero-order valence-corrected chi connectivity index (χ0v) is 6.07. The minimum absolute atomic E-state index is 0.157. The lowest BCUT2D eigenvalue weighted by Gasteiger charge is -2.04. The number of benzene rings is 1. The fourth-order valence-electron chi connectivity index (χ4n) is 0.880. The molecule has 0 heterocycles. The van der Waals surface area contributed by atoms with Crippen molar-refractivity contribution in [2.75, 3.05) is 0 Å². The Morgan fingerprint density at radius 1 is 1.36 bits per heavy atom. The standard InChI is InChI=1S/C9H9NO/c10-7-6-9(11)8-4-2-1-3-5-8/h1-5,9,11H,6H2/i9+2. The lowest BCUT2D eigenvalue weighted by atomic mass is 10.3. The fourth-order valence-corrected chi connectivity index (χ4v) is 0.880. The highest BCUT2D eigenvalue weighted by atomic mass is 16.5. The summed E-state index contributed by atoms with van der Waals surface area (Å²) in [6.07, 6.45) is -0.481. The van der Waals surface area contributed by atoms with Gasteiger partial charge in [-0.1, -0.05) is 30.3 Å². The Balaban J connectivity index is 2.70. The van der Waals surface area contributed by atoms with Gasteiger partial charge in [0.25, 0.3) is 0 Å². The van der Waals surface area contributed by atoms with Crippen molar-refractivity contribution in [3.8, 4) is 6.07 Å². The van der Waals surface area contributed by atoms with Crippen LogP contribution in [0.1, 0.15) is 18.1 Å². The third kappa shape index (κ3) is 2.06. The lowest BCUT2D eigenvalue weighted by Crippen LogP contribution is -1.94. The van der Waals surface area contributed by atoms with Crippen molar-refractivity contribution in [1.29, 1.82) is 5.26 Å². The Bertz CT molecular complexity index is 250. The highest BCUT2D eigenvalue weighted by molar-refractivity contribution is 5.17. The predicted octanol–water partition coefficient (Wildman–Crippen LogP) is 1.63. The highest BCUT2D eigenvalue weighted by Gasteiger charge is 2.03. The molecule has 0 bridgehead atoms. The van der Waals surface area contributed by atoms with Crippen LogP contribution >= 0.6 is 0 Å². The summed E-state index contributed by atoms with van der Waals surface area (Å²) >= 11 is 0. The molecule has 2 nitrogen and oxygen atoms in total. The molecule has 0 aliphatic heterocycles. The summed E-state index contributed by atoms with van der Waals surface area (Å²) in [5.41, 5.74) is 0.800. The predicted molar refractivity (Wildman–Crippen MR) is 41.6 cm³/mol. The van der Waals surface area contributed by atoms with Gasteiger partial charge in [0.2, 0.25) is 0 Å². The van der Waals surface area contributed by atoms with Crippen molar-refractivity contribution in [1.82, 2.24) is 0 Å². The summed E-state index contributed by atoms with van der Waals surface area (Å²) in [4.78, 5) is 0. The summed E-state index contributed by atoms with van der Waals surface area (Å²) in [6.45, 7) is 0. The van der Waals surface area contributed by atoms with E-state index < -0.39 is 6.10 Å². The van der Waals surface area contributed by atoms with Gasteiger partial charge in [0.05, 0.1) is 18.6 Å². The number of nitrogens with zero attached hydrogens (tertiary/aromatic N) is 1. The van der Waals surface area contributed by atoms with Gasteiger partial charge in [-0.2, -0.15) is 5.26 Å². The number of aliphatic hydroxyl groups excluding tert-OH is 1. The molecule has 0 radical (unpaired) electrons. The number of aliphatic hydroxyl groups is 1. The van der Waals surface area contributed by atoms with Gasteiger partial charge in [-0.05, 0) is 5.56 Å². The Morgan fingerprint density at radius 2 is 2.00 bits per heavy atom. The average Bonchev–Trinajstić information content (AvgIpc) is 2.07. The molecule has 1 rings (SSSR count). The largest absolute Gasteiger partial charge is 0.387 e. The number of rotatable bonds is 2. The second-order valence-electron chi connectivity index (χ2n) is 2.29. The highest BCUT2D eigenvalue weighted by Crippen LogP contribution is 2.14. The van der Waals surface area contributed by atoms with Crippen LogP contribution in [0.15, 0.2) is 30.3 Å². The SMILES string of the molecule is N#CC[14CH](O)c1ccccc1. The van der Waals surface area contributed by atoms with Gasteiger partial charge >= 0.3 is 0 Å². The van der Waals surface area contributed by atoms with Crippen LogP contribution in [0.5, 0.6) is 0 Å². The van der Waals surface area contributed by atoms with Crippen LogP contribution in [0, 0.1) is 11.3 Å². The van der Waals surface area contributed by atoms with E-state index >= 15 is 0 Å². The van der Waals surface area contributed by atoms with Gasteiger partial charge < -0.3 is 5.11 Å². The van der Waals surface area contributed by atoms with Crippen LogP contribution in [-0.2, 0) is 0 Å². The molecule has 2 heteroatoms. The van der Waals surface area contributed by atoms with Crippen molar-refractivity contribution in [2.45, 2.75) is 12.5 Å². The minimum Gasteiger partial charge on any atom is -0.387 e. The lowest BCUT2D eigenvalue weighted by molar-refractivity contribution is 0.183. The first kappa shape index (κ1) is 7.77. The molecule has 0 fully saturated rings. The van der Waals surface area contributed by atoms with Gasteiger partial charge in [0, 0.05) is 0 Å². The first-order chi connectivity index (χ1) is 5.34. The second kappa shape index (κ2) is 3.75. The van der Waals surface area contributed by atoms with Crippen LogP contribution < -0.4 is 0 Å². The Labute approximate surface area is 65.7 Å². The van der Waals surface area contributed by atoms with E-state index in [1.54, 1.807) is 0 Å². The summed E-state index contributed by atoms with van der Waals surface area (Å²) in [5.74, 6) is 0. The molecule has 1 aromatic rings. The molecule has 0 aliphatic rings. The zero-order chi connectivity index (χ0) is 8.10. The van der Waals surface area contributed by atoms with Gasteiger partial charge in [0.1, 0.15) is 0 Å². The van der Waals surface area contributed by atoms with Crippen LogP contribution in [-0.4, -0.2) is 5.11 Å². The van der Waals surface area contributed by atoms with E-state index in [0.717, 1.165) is 5.56 Å². The maximum absolute atomic E-state index is 9.30. The van der Waals surface area contributed by atoms with Gasteiger partial charge in [0.15, 0.2) is 0 Å². The van der Waals surface area contributed by atoms with Crippen LogP contribution in [0.25, 0.3) is 0 Å².